The zero-order valence-electron chi connectivity index (χ0n) is 16.2. The third-order valence-corrected chi connectivity index (χ3v) is 4.40. The fourth-order valence-corrected chi connectivity index (χ4v) is 2.79. The quantitative estimate of drug-likeness (QED) is 0.618. The van der Waals surface area contributed by atoms with E-state index in [-0.39, 0.29) is 4.57 Å². The van der Waals surface area contributed by atoms with E-state index in [1.165, 1.54) is 12.1 Å². The van der Waals surface area contributed by atoms with Gasteiger partial charge in [-0.2, -0.15) is 13.2 Å². The van der Waals surface area contributed by atoms with Crippen LogP contribution in [0.3, 0.4) is 0 Å². The van der Waals surface area contributed by atoms with Gasteiger partial charge in [0.15, 0.2) is 0 Å². The number of pyridine rings is 1. The van der Waals surface area contributed by atoms with Crippen LogP contribution in [0, 0.1) is 18.6 Å². The lowest BCUT2D eigenvalue weighted by molar-refractivity contribution is -0.146. The topological polar surface area (TPSA) is 81.8 Å². The Labute approximate surface area is 172 Å². The Morgan fingerprint density at radius 1 is 1.19 bits per heavy atom. The zero-order chi connectivity index (χ0) is 22.9. The summed E-state index contributed by atoms with van der Waals surface area (Å²) in [5.41, 5.74) is -0.440. The molecule has 0 saturated carbocycles. The van der Waals surface area contributed by atoms with E-state index in [1.807, 2.05) is 0 Å². The highest BCUT2D eigenvalue weighted by molar-refractivity contribution is 5.76. The van der Waals surface area contributed by atoms with Crippen molar-refractivity contribution in [1.29, 1.82) is 0 Å². The lowest BCUT2D eigenvalue weighted by atomic mass is 10.1. The molecule has 12 heteroatoms. The van der Waals surface area contributed by atoms with Gasteiger partial charge in [0.2, 0.25) is 11.7 Å². The van der Waals surface area contributed by atoms with Gasteiger partial charge in [0.05, 0.1) is 12.2 Å². The summed E-state index contributed by atoms with van der Waals surface area (Å²) in [4.78, 5) is 28.3. The minimum Gasteiger partial charge on any atom is -0.348 e. The standard InChI is InChI=1S/C19H16F5N5O2/c1-10-3-4-12(7-14(10)21)11(2)26-16(30)9-28-18(31)29(17(27-28)19(22,23)24)15-6-5-13(20)8-25-15/h3-8,11H,9H2,1-2H3,(H,26,30)/t11-/m0/s1. The predicted octanol–water partition coefficient (Wildman–Crippen LogP) is 2.91. The SMILES string of the molecule is Cc1ccc([C@H](C)NC(=O)Cn2nc(C(F)(F)F)n(-c3ccc(F)cn3)c2=O)cc1F. The Bertz CT molecular complexity index is 1170. The molecule has 0 fully saturated rings. The van der Waals surface area contributed by atoms with Crippen LogP contribution < -0.4 is 11.0 Å². The van der Waals surface area contributed by atoms with Gasteiger partial charge in [-0.25, -0.2) is 27.8 Å². The molecule has 7 nitrogen and oxygen atoms in total. The number of nitrogens with one attached hydrogen (secondary N) is 1. The molecule has 0 aliphatic heterocycles. The van der Waals surface area contributed by atoms with Gasteiger partial charge in [-0.1, -0.05) is 12.1 Å². The number of alkyl halides is 3. The largest absolute Gasteiger partial charge is 0.452 e. The second-order valence-electron chi connectivity index (χ2n) is 6.73. The van der Waals surface area contributed by atoms with E-state index < -0.39 is 53.6 Å². The van der Waals surface area contributed by atoms with Crippen LogP contribution in [0.4, 0.5) is 22.0 Å². The van der Waals surface area contributed by atoms with Gasteiger partial charge in [0.1, 0.15) is 24.0 Å². The van der Waals surface area contributed by atoms with Gasteiger partial charge in [-0.3, -0.25) is 4.79 Å². The molecule has 1 N–H and O–H groups in total. The molecule has 1 atom stereocenters. The van der Waals surface area contributed by atoms with Crippen molar-refractivity contribution in [2.24, 2.45) is 0 Å². The van der Waals surface area contributed by atoms with E-state index in [9.17, 15) is 31.5 Å². The molecular formula is C19H16F5N5O2. The number of carbonyl (C=O) groups is 1. The first-order chi connectivity index (χ1) is 14.5. The molecule has 2 heterocycles. The first-order valence-electron chi connectivity index (χ1n) is 8.91. The summed E-state index contributed by atoms with van der Waals surface area (Å²) in [5.74, 6) is -4.22. The first-order valence-corrected chi connectivity index (χ1v) is 8.91. The maximum atomic E-state index is 13.7. The number of hydrogen-bond acceptors (Lipinski definition) is 4. The van der Waals surface area contributed by atoms with E-state index in [2.05, 4.69) is 15.4 Å². The van der Waals surface area contributed by atoms with Crippen molar-refractivity contribution in [2.75, 3.05) is 0 Å². The Kier molecular flexibility index (Phi) is 5.91. The third kappa shape index (κ3) is 4.78. The van der Waals surface area contributed by atoms with Crippen molar-refractivity contribution in [3.63, 3.8) is 0 Å². The summed E-state index contributed by atoms with van der Waals surface area (Å²) >= 11 is 0. The van der Waals surface area contributed by atoms with Crippen molar-refractivity contribution in [1.82, 2.24) is 24.6 Å². The Balaban J connectivity index is 1.87. The minimum atomic E-state index is -5.04. The van der Waals surface area contributed by atoms with Crippen molar-refractivity contribution in [3.05, 3.63) is 75.6 Å². The maximum Gasteiger partial charge on any atom is 0.452 e. The van der Waals surface area contributed by atoms with Crippen molar-refractivity contribution < 1.29 is 26.7 Å². The molecule has 3 aromatic rings. The van der Waals surface area contributed by atoms with Crippen LogP contribution in [-0.4, -0.2) is 25.2 Å². The van der Waals surface area contributed by atoms with Crippen LogP contribution in [0.2, 0.25) is 0 Å². The smallest absolute Gasteiger partial charge is 0.348 e. The van der Waals surface area contributed by atoms with Crippen LogP contribution in [0.25, 0.3) is 5.82 Å². The molecule has 31 heavy (non-hydrogen) atoms. The highest BCUT2D eigenvalue weighted by Crippen LogP contribution is 2.28. The summed E-state index contributed by atoms with van der Waals surface area (Å²) in [5, 5.41) is 5.69. The zero-order valence-corrected chi connectivity index (χ0v) is 16.2. The maximum absolute atomic E-state index is 13.7. The summed E-state index contributed by atoms with van der Waals surface area (Å²) < 4.78 is 67.4. The molecule has 0 saturated heterocycles. The van der Waals surface area contributed by atoms with Gasteiger partial charge in [0.25, 0.3) is 0 Å². The molecule has 1 aromatic carbocycles. The van der Waals surface area contributed by atoms with Gasteiger partial charge in [-0.15, -0.1) is 5.10 Å². The number of amides is 1. The van der Waals surface area contributed by atoms with Crippen LogP contribution >= 0.6 is 0 Å². The van der Waals surface area contributed by atoms with E-state index >= 15 is 0 Å². The van der Waals surface area contributed by atoms with Crippen LogP contribution in [0.5, 0.6) is 0 Å². The number of aryl methyl sites for hydroxylation is 1. The molecule has 164 valence electrons. The highest BCUT2D eigenvalue weighted by atomic mass is 19.4. The average Bonchev–Trinajstić information content (AvgIpc) is 3.01. The van der Waals surface area contributed by atoms with Gasteiger partial charge >= 0.3 is 11.9 Å². The summed E-state index contributed by atoms with van der Waals surface area (Å²) in [6.45, 7) is 2.29. The minimum absolute atomic E-state index is 0.144. The molecule has 3 rings (SSSR count). The molecule has 1 amide bonds. The van der Waals surface area contributed by atoms with Gasteiger partial charge in [-0.05, 0) is 43.2 Å². The summed E-state index contributed by atoms with van der Waals surface area (Å²) in [6, 6.07) is 5.37. The molecule has 0 aliphatic rings. The number of carbonyl (C=O) groups excluding carboxylic acids is 1. The first kappa shape index (κ1) is 22.1. The molecule has 0 radical (unpaired) electrons. The van der Waals surface area contributed by atoms with Gasteiger partial charge in [0, 0.05) is 0 Å². The number of halogens is 5. The van der Waals surface area contributed by atoms with Crippen molar-refractivity contribution in [2.45, 2.75) is 32.6 Å². The number of aromatic nitrogens is 4. The van der Waals surface area contributed by atoms with Crippen LogP contribution in [0.1, 0.15) is 29.9 Å². The molecule has 0 unspecified atom stereocenters. The fourth-order valence-electron chi connectivity index (χ4n) is 2.79. The normalized spacial score (nSPS) is 12.6. The third-order valence-electron chi connectivity index (χ3n) is 4.40. The van der Waals surface area contributed by atoms with Crippen molar-refractivity contribution >= 4 is 5.91 Å². The van der Waals surface area contributed by atoms with Crippen LogP contribution in [0.15, 0.2) is 41.3 Å². The molecule has 0 aliphatic carbocycles. The fraction of sp³-hybridized carbons (Fsp3) is 0.263. The van der Waals surface area contributed by atoms with E-state index in [4.69, 9.17) is 0 Å². The molecule has 0 bridgehead atoms. The monoisotopic (exact) mass is 441 g/mol. The van der Waals surface area contributed by atoms with Crippen LogP contribution in [-0.2, 0) is 17.5 Å². The number of hydrogen-bond donors (Lipinski definition) is 1. The second kappa shape index (κ2) is 8.28. The average molecular weight is 441 g/mol. The lowest BCUT2D eigenvalue weighted by Crippen LogP contribution is -2.35. The van der Waals surface area contributed by atoms with E-state index in [0.717, 1.165) is 12.1 Å². The number of benzene rings is 1. The van der Waals surface area contributed by atoms with E-state index in [0.29, 0.717) is 22.0 Å². The molecular weight excluding hydrogens is 425 g/mol. The molecule has 0 spiro atoms. The Morgan fingerprint density at radius 3 is 2.48 bits per heavy atom. The predicted molar refractivity (Wildman–Crippen MR) is 98.3 cm³/mol. The Morgan fingerprint density at radius 2 is 1.90 bits per heavy atom. The van der Waals surface area contributed by atoms with Gasteiger partial charge < -0.3 is 5.32 Å². The molecule has 2 aromatic heterocycles. The highest BCUT2D eigenvalue weighted by Gasteiger charge is 2.40. The lowest BCUT2D eigenvalue weighted by Gasteiger charge is -2.14. The Hall–Kier alpha value is -3.57. The number of nitrogens with zero attached hydrogens (tertiary/aromatic N) is 4. The summed E-state index contributed by atoms with van der Waals surface area (Å²) in [7, 11) is 0. The van der Waals surface area contributed by atoms with E-state index in [1.54, 1.807) is 19.9 Å². The van der Waals surface area contributed by atoms with Crippen molar-refractivity contribution in [3.8, 4) is 5.82 Å². The summed E-state index contributed by atoms with van der Waals surface area (Å²) in [6.07, 6.45) is -4.39. The second-order valence-corrected chi connectivity index (χ2v) is 6.73. The number of rotatable bonds is 5.